The summed E-state index contributed by atoms with van der Waals surface area (Å²) in [5, 5.41) is 0. The Morgan fingerprint density at radius 2 is 1.77 bits per heavy atom. The van der Waals surface area contributed by atoms with Crippen LogP contribution < -0.4 is 0 Å². The van der Waals surface area contributed by atoms with Gasteiger partial charge in [0.15, 0.2) is 0 Å². The minimum Gasteiger partial charge on any atom is -0.256 e. The maximum atomic E-state index is 4.28. The standard InChI is InChI=1S/C11H9N.BrH/c1-2-6-10-7-3-4-8-11(10)12-9-5-1;/h1-9H;1H. The number of halogens is 1. The Labute approximate surface area is 88.3 Å². The zero-order chi connectivity index (χ0) is 8.23. The summed E-state index contributed by atoms with van der Waals surface area (Å²) in [4.78, 5) is 4.28. The molecule has 0 spiro atoms. The van der Waals surface area contributed by atoms with Gasteiger partial charge >= 0.3 is 0 Å². The second-order valence-electron chi connectivity index (χ2n) is 2.58. The summed E-state index contributed by atoms with van der Waals surface area (Å²) in [6.45, 7) is 0. The Morgan fingerprint density at radius 3 is 2.69 bits per heavy atom. The molecule has 0 amide bonds. The van der Waals surface area contributed by atoms with Crippen molar-refractivity contribution in [3.8, 4) is 0 Å². The van der Waals surface area contributed by atoms with Gasteiger partial charge in [-0.2, -0.15) is 0 Å². The minimum absolute atomic E-state index is 0. The number of fused-ring (bicyclic) bond motifs is 1. The number of benzene rings is 1. The van der Waals surface area contributed by atoms with E-state index in [1.807, 2.05) is 42.6 Å². The van der Waals surface area contributed by atoms with Gasteiger partial charge < -0.3 is 0 Å². The van der Waals surface area contributed by atoms with Gasteiger partial charge in [0.05, 0.1) is 5.69 Å². The highest BCUT2D eigenvalue weighted by atomic mass is 79.9. The summed E-state index contributed by atoms with van der Waals surface area (Å²) < 4.78 is 0. The van der Waals surface area contributed by atoms with Gasteiger partial charge in [-0.05, 0) is 12.1 Å². The van der Waals surface area contributed by atoms with E-state index in [9.17, 15) is 0 Å². The lowest BCUT2D eigenvalue weighted by Crippen LogP contribution is -1.76. The Bertz CT molecular complexity index is 329. The van der Waals surface area contributed by atoms with E-state index < -0.39 is 0 Å². The highest BCUT2D eigenvalue weighted by Gasteiger charge is 1.94. The van der Waals surface area contributed by atoms with Gasteiger partial charge in [-0.1, -0.05) is 36.4 Å². The third-order valence-corrected chi connectivity index (χ3v) is 1.73. The first-order chi connectivity index (χ1) is 5.97. The average Bonchev–Trinajstić information content (AvgIpc) is 2.06. The Kier molecular flexibility index (Phi) is 3.65. The minimum atomic E-state index is 0. The van der Waals surface area contributed by atoms with Crippen LogP contribution in [0.2, 0.25) is 0 Å². The van der Waals surface area contributed by atoms with Crippen molar-refractivity contribution in [3.05, 3.63) is 48.1 Å². The molecule has 0 atom stereocenters. The third kappa shape index (κ3) is 2.39. The van der Waals surface area contributed by atoms with Crippen LogP contribution in [-0.4, -0.2) is 6.21 Å². The summed E-state index contributed by atoms with van der Waals surface area (Å²) in [6.07, 6.45) is 9.78. The third-order valence-electron chi connectivity index (χ3n) is 1.73. The molecule has 0 radical (unpaired) electrons. The van der Waals surface area contributed by atoms with E-state index in [0.29, 0.717) is 0 Å². The molecule has 0 saturated carbocycles. The summed E-state index contributed by atoms with van der Waals surface area (Å²) in [7, 11) is 0. The van der Waals surface area contributed by atoms with Crippen LogP contribution in [0.15, 0.2) is 47.5 Å². The SMILES string of the molecule is Br.C1=CC=Nc2ccccc2C=C1. The molecule has 0 aliphatic carbocycles. The second-order valence-corrected chi connectivity index (χ2v) is 2.58. The normalized spacial score (nSPS) is 12.6. The zero-order valence-corrected chi connectivity index (χ0v) is 8.76. The first kappa shape index (κ1) is 9.93. The predicted octanol–water partition coefficient (Wildman–Crippen LogP) is 3.55. The van der Waals surface area contributed by atoms with Gasteiger partial charge in [0, 0.05) is 11.8 Å². The molecule has 0 fully saturated rings. The number of rotatable bonds is 0. The fraction of sp³-hybridized carbons (Fsp3) is 0. The molecule has 0 unspecified atom stereocenters. The maximum Gasteiger partial charge on any atom is 0.0701 e. The summed E-state index contributed by atoms with van der Waals surface area (Å²) in [5.41, 5.74) is 2.19. The van der Waals surface area contributed by atoms with Crippen molar-refractivity contribution in [2.24, 2.45) is 4.99 Å². The molecule has 1 aromatic carbocycles. The highest BCUT2D eigenvalue weighted by Crippen LogP contribution is 2.20. The average molecular weight is 236 g/mol. The van der Waals surface area contributed by atoms with Gasteiger partial charge in [-0.15, -0.1) is 17.0 Å². The fourth-order valence-corrected chi connectivity index (χ4v) is 1.14. The second kappa shape index (κ2) is 4.77. The first-order valence-electron chi connectivity index (χ1n) is 3.93. The zero-order valence-electron chi connectivity index (χ0n) is 7.05. The van der Waals surface area contributed by atoms with E-state index in [1.165, 1.54) is 0 Å². The van der Waals surface area contributed by atoms with E-state index in [1.54, 1.807) is 0 Å². The van der Waals surface area contributed by atoms with Crippen molar-refractivity contribution in [3.63, 3.8) is 0 Å². The molecule has 1 nitrogen and oxygen atoms in total. The number of hydrogen-bond acceptors (Lipinski definition) is 1. The molecule has 13 heavy (non-hydrogen) atoms. The fourth-order valence-electron chi connectivity index (χ4n) is 1.14. The molecular formula is C11H10BrN. The molecule has 0 N–H and O–H groups in total. The number of para-hydroxylation sites is 1. The summed E-state index contributed by atoms with van der Waals surface area (Å²) in [5.74, 6) is 0. The molecule has 0 saturated heterocycles. The van der Waals surface area contributed by atoms with Crippen LogP contribution >= 0.6 is 17.0 Å². The van der Waals surface area contributed by atoms with Gasteiger partial charge in [-0.25, -0.2) is 0 Å². The summed E-state index contributed by atoms with van der Waals surface area (Å²) >= 11 is 0. The van der Waals surface area contributed by atoms with Crippen LogP contribution in [0.5, 0.6) is 0 Å². The summed E-state index contributed by atoms with van der Waals surface area (Å²) in [6, 6.07) is 8.08. The Balaban J connectivity index is 0.000000845. The molecule has 0 aromatic heterocycles. The van der Waals surface area contributed by atoms with E-state index in [4.69, 9.17) is 0 Å². The number of hydrogen-bond donors (Lipinski definition) is 0. The molecule has 1 aliphatic rings. The quantitative estimate of drug-likeness (QED) is 0.653. The molecule has 1 heterocycles. The van der Waals surface area contributed by atoms with E-state index >= 15 is 0 Å². The molecule has 2 rings (SSSR count). The van der Waals surface area contributed by atoms with Crippen LogP contribution in [0.25, 0.3) is 6.08 Å². The van der Waals surface area contributed by atoms with E-state index in [0.717, 1.165) is 11.3 Å². The van der Waals surface area contributed by atoms with Crippen molar-refractivity contribution in [1.82, 2.24) is 0 Å². The highest BCUT2D eigenvalue weighted by molar-refractivity contribution is 8.93. The van der Waals surface area contributed by atoms with Crippen LogP contribution in [-0.2, 0) is 0 Å². The van der Waals surface area contributed by atoms with Crippen molar-refractivity contribution < 1.29 is 0 Å². The lowest BCUT2D eigenvalue weighted by Gasteiger charge is -1.99. The Hall–Kier alpha value is -1.15. The molecule has 1 aromatic rings. The topological polar surface area (TPSA) is 12.4 Å². The smallest absolute Gasteiger partial charge is 0.0701 e. The Morgan fingerprint density at radius 1 is 0.923 bits per heavy atom. The van der Waals surface area contributed by atoms with Crippen LogP contribution in [0.3, 0.4) is 0 Å². The van der Waals surface area contributed by atoms with Gasteiger partial charge in [-0.3, -0.25) is 4.99 Å². The van der Waals surface area contributed by atoms with Crippen LogP contribution in [0.4, 0.5) is 5.69 Å². The van der Waals surface area contributed by atoms with Crippen molar-refractivity contribution >= 4 is 35.0 Å². The maximum absolute atomic E-state index is 4.28. The largest absolute Gasteiger partial charge is 0.256 e. The number of aliphatic imine (C=N–C) groups is 1. The number of allylic oxidation sites excluding steroid dienone is 3. The van der Waals surface area contributed by atoms with Gasteiger partial charge in [0.1, 0.15) is 0 Å². The predicted molar refractivity (Wildman–Crippen MR) is 63.1 cm³/mol. The van der Waals surface area contributed by atoms with Crippen molar-refractivity contribution in [1.29, 1.82) is 0 Å². The van der Waals surface area contributed by atoms with Gasteiger partial charge in [0.2, 0.25) is 0 Å². The monoisotopic (exact) mass is 235 g/mol. The lowest BCUT2D eigenvalue weighted by molar-refractivity contribution is 1.51. The molecule has 0 bridgehead atoms. The molecule has 66 valence electrons. The van der Waals surface area contributed by atoms with Gasteiger partial charge in [0.25, 0.3) is 0 Å². The molecule has 2 heteroatoms. The van der Waals surface area contributed by atoms with E-state index in [-0.39, 0.29) is 17.0 Å². The first-order valence-corrected chi connectivity index (χ1v) is 3.93. The van der Waals surface area contributed by atoms with Crippen LogP contribution in [0.1, 0.15) is 5.56 Å². The number of nitrogens with zero attached hydrogens (tertiary/aromatic N) is 1. The van der Waals surface area contributed by atoms with E-state index in [2.05, 4.69) is 17.1 Å². The van der Waals surface area contributed by atoms with Crippen LogP contribution in [0, 0.1) is 0 Å². The van der Waals surface area contributed by atoms with Crippen molar-refractivity contribution in [2.45, 2.75) is 0 Å². The lowest BCUT2D eigenvalue weighted by atomic mass is 10.1. The molecular weight excluding hydrogens is 226 g/mol. The van der Waals surface area contributed by atoms with Crippen molar-refractivity contribution in [2.75, 3.05) is 0 Å². The molecule has 1 aliphatic heterocycles.